The Bertz CT molecular complexity index is 775. The van der Waals surface area contributed by atoms with Crippen LogP contribution in [0.1, 0.15) is 31.9 Å². The normalized spacial score (nSPS) is 15.0. The molecule has 0 spiro atoms. The average Bonchev–Trinajstić information content (AvgIpc) is 2.67. The van der Waals surface area contributed by atoms with E-state index in [1.807, 2.05) is 29.2 Å². The zero-order valence-electron chi connectivity index (χ0n) is 16.3. The summed E-state index contributed by atoms with van der Waals surface area (Å²) in [4.78, 5) is 16.6. The van der Waals surface area contributed by atoms with Crippen LogP contribution >= 0.6 is 11.6 Å². The molecule has 1 N–H and O–H groups in total. The van der Waals surface area contributed by atoms with Crippen LogP contribution in [0.4, 0.5) is 10.5 Å². The molecule has 0 radical (unpaired) electrons. The molecule has 1 saturated heterocycles. The lowest BCUT2D eigenvalue weighted by atomic mass is 9.87. The monoisotopic (exact) mass is 385 g/mol. The van der Waals surface area contributed by atoms with Crippen LogP contribution in [0, 0.1) is 0 Å². The second kappa shape index (κ2) is 8.22. The second-order valence-corrected chi connectivity index (χ2v) is 8.43. The van der Waals surface area contributed by atoms with Gasteiger partial charge in [0.05, 0.1) is 0 Å². The number of amides is 2. The molecule has 5 heteroatoms. The van der Waals surface area contributed by atoms with Crippen molar-refractivity contribution in [1.29, 1.82) is 0 Å². The molecule has 1 aliphatic heterocycles. The highest BCUT2D eigenvalue weighted by Gasteiger charge is 2.22. The maximum atomic E-state index is 12.4. The van der Waals surface area contributed by atoms with Crippen LogP contribution < -0.4 is 10.2 Å². The number of hydrogen-bond acceptors (Lipinski definition) is 2. The third-order valence-electron chi connectivity index (χ3n) is 5.05. The van der Waals surface area contributed by atoms with E-state index in [0.717, 1.165) is 31.7 Å². The maximum Gasteiger partial charge on any atom is 0.317 e. The van der Waals surface area contributed by atoms with Crippen molar-refractivity contribution in [3.05, 3.63) is 64.7 Å². The van der Waals surface area contributed by atoms with Gasteiger partial charge in [0.25, 0.3) is 0 Å². The smallest absolute Gasteiger partial charge is 0.317 e. The average molecular weight is 386 g/mol. The molecule has 0 atom stereocenters. The Morgan fingerprint density at radius 3 is 2.22 bits per heavy atom. The molecule has 0 saturated carbocycles. The maximum absolute atomic E-state index is 12.4. The molecule has 4 nitrogen and oxygen atoms in total. The highest BCUT2D eigenvalue weighted by molar-refractivity contribution is 6.31. The fraction of sp³-hybridized carbons (Fsp3) is 0.409. The van der Waals surface area contributed by atoms with E-state index in [2.05, 4.69) is 55.3 Å². The van der Waals surface area contributed by atoms with Gasteiger partial charge in [-0.3, -0.25) is 0 Å². The molecule has 3 rings (SSSR count). The van der Waals surface area contributed by atoms with Crippen molar-refractivity contribution < 1.29 is 4.79 Å². The molecule has 0 bridgehead atoms. The van der Waals surface area contributed by atoms with Gasteiger partial charge in [0, 0.05) is 43.4 Å². The number of nitrogens with one attached hydrogen (secondary N) is 1. The van der Waals surface area contributed by atoms with Crippen LogP contribution in [-0.2, 0) is 12.0 Å². The van der Waals surface area contributed by atoms with Crippen molar-refractivity contribution in [1.82, 2.24) is 10.2 Å². The molecular formula is C22H28ClN3O. The summed E-state index contributed by atoms with van der Waals surface area (Å²) in [6.07, 6.45) is 0. The Kier molecular flexibility index (Phi) is 5.95. The Morgan fingerprint density at radius 2 is 1.63 bits per heavy atom. The summed E-state index contributed by atoms with van der Waals surface area (Å²) >= 11 is 6.15. The SMILES string of the molecule is CC(C)(C)c1ccc(N2CCN(C(=O)NCc3ccccc3Cl)CC2)cc1. The third kappa shape index (κ3) is 4.95. The molecule has 2 aromatic carbocycles. The van der Waals surface area contributed by atoms with E-state index in [0.29, 0.717) is 11.6 Å². The van der Waals surface area contributed by atoms with Crippen LogP contribution in [0.5, 0.6) is 0 Å². The van der Waals surface area contributed by atoms with Crippen LogP contribution in [0.25, 0.3) is 0 Å². The molecule has 0 aliphatic carbocycles. The first-order valence-electron chi connectivity index (χ1n) is 9.46. The lowest BCUT2D eigenvalue weighted by molar-refractivity contribution is 0.194. The molecule has 0 aromatic heterocycles. The van der Waals surface area contributed by atoms with E-state index < -0.39 is 0 Å². The summed E-state index contributed by atoms with van der Waals surface area (Å²) < 4.78 is 0. The molecule has 2 amide bonds. The van der Waals surface area contributed by atoms with Crippen molar-refractivity contribution in [2.45, 2.75) is 32.7 Å². The van der Waals surface area contributed by atoms with E-state index in [1.54, 1.807) is 0 Å². The Hall–Kier alpha value is -2.20. The summed E-state index contributed by atoms with van der Waals surface area (Å²) in [6.45, 7) is 10.2. The van der Waals surface area contributed by atoms with E-state index in [-0.39, 0.29) is 11.4 Å². The van der Waals surface area contributed by atoms with Crippen LogP contribution in [0.2, 0.25) is 5.02 Å². The van der Waals surface area contributed by atoms with Gasteiger partial charge in [-0.1, -0.05) is 62.7 Å². The van der Waals surface area contributed by atoms with Crippen molar-refractivity contribution >= 4 is 23.3 Å². The quantitative estimate of drug-likeness (QED) is 0.833. The Balaban J connectivity index is 1.51. The molecule has 144 valence electrons. The number of halogens is 1. The number of nitrogens with zero attached hydrogens (tertiary/aromatic N) is 2. The fourth-order valence-corrected chi connectivity index (χ4v) is 3.47. The van der Waals surface area contributed by atoms with Gasteiger partial charge >= 0.3 is 6.03 Å². The molecule has 27 heavy (non-hydrogen) atoms. The number of rotatable bonds is 3. The summed E-state index contributed by atoms with van der Waals surface area (Å²) in [5.74, 6) is 0. The van der Waals surface area contributed by atoms with Crippen molar-refractivity contribution in [3.8, 4) is 0 Å². The van der Waals surface area contributed by atoms with Crippen LogP contribution in [0.3, 0.4) is 0 Å². The third-order valence-corrected chi connectivity index (χ3v) is 5.42. The van der Waals surface area contributed by atoms with Gasteiger partial charge in [-0.2, -0.15) is 0 Å². The van der Waals surface area contributed by atoms with Crippen LogP contribution in [-0.4, -0.2) is 37.1 Å². The van der Waals surface area contributed by atoms with E-state index in [1.165, 1.54) is 11.3 Å². The summed E-state index contributed by atoms with van der Waals surface area (Å²) in [7, 11) is 0. The minimum Gasteiger partial charge on any atom is -0.368 e. The second-order valence-electron chi connectivity index (χ2n) is 8.02. The van der Waals surface area contributed by atoms with E-state index >= 15 is 0 Å². The Morgan fingerprint density at radius 1 is 1.00 bits per heavy atom. The highest BCUT2D eigenvalue weighted by Crippen LogP contribution is 2.25. The minimum atomic E-state index is -0.0300. The molecule has 1 aliphatic rings. The van der Waals surface area contributed by atoms with Gasteiger partial charge in [0.2, 0.25) is 0 Å². The number of urea groups is 1. The zero-order chi connectivity index (χ0) is 19.4. The van der Waals surface area contributed by atoms with E-state index in [4.69, 9.17) is 11.6 Å². The highest BCUT2D eigenvalue weighted by atomic mass is 35.5. The minimum absolute atomic E-state index is 0.0300. The summed E-state index contributed by atoms with van der Waals surface area (Å²) in [6, 6.07) is 16.3. The standard InChI is InChI=1S/C22H28ClN3O/c1-22(2,3)18-8-10-19(11-9-18)25-12-14-26(15-13-25)21(27)24-16-17-6-4-5-7-20(17)23/h4-11H,12-16H2,1-3H3,(H,24,27). The van der Waals surface area contributed by atoms with Gasteiger partial charge < -0.3 is 15.1 Å². The first kappa shape index (κ1) is 19.6. The Labute approximate surface area is 167 Å². The number of benzene rings is 2. The molecular weight excluding hydrogens is 358 g/mol. The number of piperazine rings is 1. The van der Waals surface area contributed by atoms with Crippen molar-refractivity contribution in [3.63, 3.8) is 0 Å². The molecule has 1 heterocycles. The first-order valence-corrected chi connectivity index (χ1v) is 9.84. The lowest BCUT2D eigenvalue weighted by Gasteiger charge is -2.36. The predicted octanol–water partition coefficient (Wildman–Crippen LogP) is 4.67. The van der Waals surface area contributed by atoms with Gasteiger partial charge in [0.1, 0.15) is 0 Å². The number of hydrogen-bond donors (Lipinski definition) is 1. The van der Waals surface area contributed by atoms with Crippen molar-refractivity contribution in [2.24, 2.45) is 0 Å². The van der Waals surface area contributed by atoms with Crippen molar-refractivity contribution in [2.75, 3.05) is 31.1 Å². The lowest BCUT2D eigenvalue weighted by Crippen LogP contribution is -2.51. The van der Waals surface area contributed by atoms with Gasteiger partial charge in [-0.25, -0.2) is 4.79 Å². The van der Waals surface area contributed by atoms with E-state index in [9.17, 15) is 4.79 Å². The van der Waals surface area contributed by atoms with Gasteiger partial charge in [-0.05, 0) is 34.7 Å². The zero-order valence-corrected chi connectivity index (χ0v) is 17.1. The molecule has 2 aromatic rings. The number of anilines is 1. The predicted molar refractivity (Wildman–Crippen MR) is 113 cm³/mol. The summed E-state index contributed by atoms with van der Waals surface area (Å²) in [5.41, 5.74) is 3.66. The van der Waals surface area contributed by atoms with Crippen LogP contribution in [0.15, 0.2) is 48.5 Å². The fourth-order valence-electron chi connectivity index (χ4n) is 3.26. The largest absolute Gasteiger partial charge is 0.368 e. The number of carbonyl (C=O) groups is 1. The van der Waals surface area contributed by atoms with Gasteiger partial charge in [0.15, 0.2) is 0 Å². The molecule has 1 fully saturated rings. The molecule has 0 unspecified atom stereocenters. The first-order chi connectivity index (χ1) is 12.8. The number of carbonyl (C=O) groups excluding carboxylic acids is 1. The summed E-state index contributed by atoms with van der Waals surface area (Å²) in [5, 5.41) is 3.65. The van der Waals surface area contributed by atoms with Gasteiger partial charge in [-0.15, -0.1) is 0 Å². The topological polar surface area (TPSA) is 35.6 Å².